The van der Waals surface area contributed by atoms with Gasteiger partial charge in [-0.3, -0.25) is 4.79 Å². The van der Waals surface area contributed by atoms with E-state index in [0.29, 0.717) is 38.6 Å². The molecule has 0 radical (unpaired) electrons. The van der Waals surface area contributed by atoms with Gasteiger partial charge in [-0.2, -0.15) is 0 Å². The van der Waals surface area contributed by atoms with Crippen LogP contribution in [0.15, 0.2) is 66.7 Å². The van der Waals surface area contributed by atoms with Crippen molar-refractivity contribution in [1.82, 2.24) is 4.98 Å². The number of hydrogen-bond acceptors (Lipinski definition) is 3. The minimum Gasteiger partial charge on any atom is -0.477 e. The maximum absolute atomic E-state index is 13.0. The standard InChI is InChI=1S/C25H20Cl2N2O3/c26-17-13-19(27)22-20(14-17)29-24(25(31)32)23(22)28-11-10-21(30)18-9-5-4-8-16(18)12-15-6-2-1-3-7-15/h1-9,13-14,28-29H,10-12H2,(H,31,32). The lowest BCUT2D eigenvalue weighted by Crippen LogP contribution is -2.12. The van der Waals surface area contributed by atoms with Gasteiger partial charge < -0.3 is 15.4 Å². The molecule has 32 heavy (non-hydrogen) atoms. The Kier molecular flexibility index (Phi) is 6.49. The van der Waals surface area contributed by atoms with Crippen LogP contribution in [0.4, 0.5) is 5.69 Å². The molecule has 0 spiro atoms. The Morgan fingerprint density at radius 2 is 1.69 bits per heavy atom. The first-order chi connectivity index (χ1) is 15.4. The van der Waals surface area contributed by atoms with Gasteiger partial charge >= 0.3 is 5.97 Å². The summed E-state index contributed by atoms with van der Waals surface area (Å²) >= 11 is 12.4. The molecule has 3 aromatic carbocycles. The Morgan fingerprint density at radius 1 is 0.969 bits per heavy atom. The molecule has 4 rings (SSSR count). The third kappa shape index (κ3) is 4.64. The summed E-state index contributed by atoms with van der Waals surface area (Å²) < 4.78 is 0. The van der Waals surface area contributed by atoms with Crippen molar-refractivity contribution < 1.29 is 14.7 Å². The molecule has 4 aromatic rings. The molecular weight excluding hydrogens is 447 g/mol. The highest BCUT2D eigenvalue weighted by Gasteiger charge is 2.20. The molecule has 5 nitrogen and oxygen atoms in total. The fourth-order valence-electron chi connectivity index (χ4n) is 3.78. The van der Waals surface area contributed by atoms with Crippen LogP contribution in [0.3, 0.4) is 0 Å². The number of benzene rings is 3. The van der Waals surface area contributed by atoms with Crippen LogP contribution < -0.4 is 5.32 Å². The average Bonchev–Trinajstić information content (AvgIpc) is 3.13. The van der Waals surface area contributed by atoms with Gasteiger partial charge in [-0.1, -0.05) is 77.8 Å². The second-order valence-electron chi connectivity index (χ2n) is 7.41. The molecule has 0 bridgehead atoms. The summed E-state index contributed by atoms with van der Waals surface area (Å²) in [5.74, 6) is -1.15. The number of carbonyl (C=O) groups excluding carboxylic acids is 1. The predicted molar refractivity (Wildman–Crippen MR) is 128 cm³/mol. The number of fused-ring (bicyclic) bond motifs is 1. The van der Waals surface area contributed by atoms with Crippen molar-refractivity contribution in [3.05, 3.63) is 99.2 Å². The third-order valence-corrected chi connectivity index (χ3v) is 5.75. The number of H-pyrrole nitrogens is 1. The van der Waals surface area contributed by atoms with E-state index in [1.807, 2.05) is 54.6 Å². The number of aromatic amines is 1. The van der Waals surface area contributed by atoms with Gasteiger partial charge in [0, 0.05) is 28.9 Å². The summed E-state index contributed by atoms with van der Waals surface area (Å²) in [7, 11) is 0. The van der Waals surface area contributed by atoms with Crippen molar-refractivity contribution in [2.24, 2.45) is 0 Å². The maximum atomic E-state index is 13.0. The van der Waals surface area contributed by atoms with Crippen LogP contribution in [0.2, 0.25) is 10.0 Å². The molecule has 7 heteroatoms. The van der Waals surface area contributed by atoms with Gasteiger partial charge in [-0.15, -0.1) is 0 Å². The number of carboxylic acids is 1. The molecule has 1 heterocycles. The molecule has 3 N–H and O–H groups in total. The molecular formula is C25H20Cl2N2O3. The van der Waals surface area contributed by atoms with E-state index in [1.54, 1.807) is 12.1 Å². The Morgan fingerprint density at radius 3 is 2.44 bits per heavy atom. The van der Waals surface area contributed by atoms with Crippen LogP contribution in [0.5, 0.6) is 0 Å². The first-order valence-corrected chi connectivity index (χ1v) is 10.8. The third-order valence-electron chi connectivity index (χ3n) is 5.24. The normalized spacial score (nSPS) is 10.9. The minimum absolute atomic E-state index is 0.0186. The van der Waals surface area contributed by atoms with Gasteiger partial charge in [0.15, 0.2) is 5.78 Å². The van der Waals surface area contributed by atoms with E-state index in [1.165, 1.54) is 0 Å². The highest BCUT2D eigenvalue weighted by Crippen LogP contribution is 2.36. The van der Waals surface area contributed by atoms with Crippen LogP contribution in [0.25, 0.3) is 10.9 Å². The Balaban J connectivity index is 1.52. The van der Waals surface area contributed by atoms with E-state index >= 15 is 0 Å². The summed E-state index contributed by atoms with van der Waals surface area (Å²) in [6, 6.07) is 20.7. The van der Waals surface area contributed by atoms with Crippen molar-refractivity contribution in [2.75, 3.05) is 11.9 Å². The van der Waals surface area contributed by atoms with Crippen molar-refractivity contribution in [1.29, 1.82) is 0 Å². The topological polar surface area (TPSA) is 82.2 Å². The SMILES string of the molecule is O=C(CCNc1c(C(=O)O)[nH]c2cc(Cl)cc(Cl)c12)c1ccccc1Cc1ccccc1. The number of carboxylic acid groups (broad SMARTS) is 1. The fraction of sp³-hybridized carbons (Fsp3) is 0.120. The molecule has 0 aliphatic carbocycles. The quantitative estimate of drug-likeness (QED) is 0.260. The summed E-state index contributed by atoms with van der Waals surface area (Å²) in [4.78, 5) is 27.5. The number of aromatic carboxylic acids is 1. The van der Waals surface area contributed by atoms with Crippen molar-refractivity contribution in [3.63, 3.8) is 0 Å². The first-order valence-electron chi connectivity index (χ1n) is 10.1. The Bertz CT molecular complexity index is 1300. The highest BCUT2D eigenvalue weighted by atomic mass is 35.5. The second kappa shape index (κ2) is 9.47. The molecule has 0 saturated carbocycles. The van der Waals surface area contributed by atoms with Crippen LogP contribution in [-0.4, -0.2) is 28.4 Å². The molecule has 0 atom stereocenters. The van der Waals surface area contributed by atoms with Crippen molar-refractivity contribution >= 4 is 51.5 Å². The van der Waals surface area contributed by atoms with Gasteiger partial charge in [0.2, 0.25) is 0 Å². The molecule has 0 aliphatic rings. The zero-order valence-corrected chi connectivity index (χ0v) is 18.5. The zero-order valence-electron chi connectivity index (χ0n) is 17.0. The number of nitrogens with one attached hydrogen (secondary N) is 2. The van der Waals surface area contributed by atoms with Crippen molar-refractivity contribution in [3.8, 4) is 0 Å². The molecule has 0 unspecified atom stereocenters. The second-order valence-corrected chi connectivity index (χ2v) is 8.25. The van der Waals surface area contributed by atoms with E-state index in [4.69, 9.17) is 23.2 Å². The molecule has 0 saturated heterocycles. The Labute approximate surface area is 195 Å². The number of carbonyl (C=O) groups is 2. The molecule has 0 aliphatic heterocycles. The number of Topliss-reactive ketones (excluding diaryl/α,β-unsaturated/α-hetero) is 1. The van der Waals surface area contributed by atoms with Crippen LogP contribution in [0, 0.1) is 0 Å². The van der Waals surface area contributed by atoms with E-state index in [2.05, 4.69) is 10.3 Å². The number of rotatable bonds is 8. The zero-order chi connectivity index (χ0) is 22.7. The lowest BCUT2D eigenvalue weighted by atomic mass is 9.96. The summed E-state index contributed by atoms with van der Waals surface area (Å²) in [5, 5.41) is 13.9. The van der Waals surface area contributed by atoms with Gasteiger partial charge in [0.25, 0.3) is 0 Å². The van der Waals surface area contributed by atoms with E-state index in [0.717, 1.165) is 11.1 Å². The predicted octanol–water partition coefficient (Wildman–Crippen LogP) is 6.45. The van der Waals surface area contributed by atoms with Crippen LogP contribution in [-0.2, 0) is 6.42 Å². The lowest BCUT2D eigenvalue weighted by molar-refractivity contribution is 0.0692. The Hall–Kier alpha value is -3.28. The number of hydrogen-bond donors (Lipinski definition) is 3. The molecule has 0 fully saturated rings. The number of anilines is 1. The van der Waals surface area contributed by atoms with Gasteiger partial charge in [-0.05, 0) is 29.7 Å². The monoisotopic (exact) mass is 466 g/mol. The van der Waals surface area contributed by atoms with Crippen molar-refractivity contribution in [2.45, 2.75) is 12.8 Å². The number of aromatic nitrogens is 1. The fourth-order valence-corrected chi connectivity index (χ4v) is 4.37. The average molecular weight is 467 g/mol. The summed E-state index contributed by atoms with van der Waals surface area (Å²) in [6.45, 7) is 0.255. The molecule has 162 valence electrons. The minimum atomic E-state index is -1.13. The van der Waals surface area contributed by atoms with Gasteiger partial charge in [0.05, 0.1) is 16.2 Å². The van der Waals surface area contributed by atoms with Crippen LogP contribution >= 0.6 is 23.2 Å². The van der Waals surface area contributed by atoms with Crippen LogP contribution in [0.1, 0.15) is 38.4 Å². The van der Waals surface area contributed by atoms with E-state index in [-0.39, 0.29) is 24.4 Å². The summed E-state index contributed by atoms with van der Waals surface area (Å²) in [5.41, 5.74) is 3.59. The van der Waals surface area contributed by atoms with E-state index in [9.17, 15) is 14.7 Å². The largest absolute Gasteiger partial charge is 0.477 e. The summed E-state index contributed by atoms with van der Waals surface area (Å²) in [6.07, 6.45) is 0.862. The number of ketones is 1. The van der Waals surface area contributed by atoms with Gasteiger partial charge in [0.1, 0.15) is 5.69 Å². The first kappa shape index (κ1) is 21.9. The maximum Gasteiger partial charge on any atom is 0.354 e. The highest BCUT2D eigenvalue weighted by molar-refractivity contribution is 6.40. The van der Waals surface area contributed by atoms with Gasteiger partial charge in [-0.25, -0.2) is 4.79 Å². The number of halogens is 2. The molecule has 0 amide bonds. The van der Waals surface area contributed by atoms with E-state index < -0.39 is 5.97 Å². The molecule has 1 aromatic heterocycles. The lowest BCUT2D eigenvalue weighted by Gasteiger charge is -2.11. The smallest absolute Gasteiger partial charge is 0.354 e.